The molecular formula is C14H19N5O. The van der Waals surface area contributed by atoms with Crippen molar-refractivity contribution in [2.24, 2.45) is 5.73 Å². The van der Waals surface area contributed by atoms with Gasteiger partial charge in [0.15, 0.2) is 0 Å². The van der Waals surface area contributed by atoms with Crippen LogP contribution in [0.4, 0.5) is 0 Å². The van der Waals surface area contributed by atoms with Crippen molar-refractivity contribution in [2.45, 2.75) is 6.42 Å². The Hall–Kier alpha value is -2.21. The van der Waals surface area contributed by atoms with Crippen LogP contribution in [0.1, 0.15) is 11.1 Å². The number of nitrogens with zero attached hydrogens (tertiary/aromatic N) is 1. The summed E-state index contributed by atoms with van der Waals surface area (Å²) in [5.74, 6) is -0.216. The molecule has 0 saturated carbocycles. The Kier molecular flexibility index (Phi) is 4.47. The van der Waals surface area contributed by atoms with Crippen molar-refractivity contribution in [2.75, 3.05) is 26.2 Å². The first-order chi connectivity index (χ1) is 9.58. The molecule has 1 amide bonds. The maximum Gasteiger partial charge on any atom is 0.267 e. The highest BCUT2D eigenvalue weighted by Crippen LogP contribution is 2.07. The number of hydrogen-bond donors (Lipinski definition) is 4. The first-order valence-corrected chi connectivity index (χ1v) is 6.58. The third-order valence-corrected chi connectivity index (χ3v) is 3.28. The molecule has 0 unspecified atom stereocenters. The number of nitrogen functional groups attached to an aromatic ring is 1. The zero-order valence-electron chi connectivity index (χ0n) is 11.3. The number of hydrogen-bond acceptors (Lipinski definition) is 4. The van der Waals surface area contributed by atoms with E-state index < -0.39 is 0 Å². The summed E-state index contributed by atoms with van der Waals surface area (Å²) in [5.41, 5.74) is 6.95. The van der Waals surface area contributed by atoms with Gasteiger partial charge in [0.2, 0.25) is 0 Å². The number of piperazine rings is 1. The molecule has 1 aromatic rings. The van der Waals surface area contributed by atoms with Crippen LogP contribution in [0, 0.1) is 10.8 Å². The highest BCUT2D eigenvalue weighted by molar-refractivity contribution is 6.37. The molecule has 1 heterocycles. The molecule has 1 aliphatic heterocycles. The van der Waals surface area contributed by atoms with Crippen LogP contribution in [0.3, 0.4) is 0 Å². The largest absolute Gasteiger partial charge is 0.384 e. The molecule has 5 N–H and O–H groups in total. The molecule has 6 nitrogen and oxygen atoms in total. The quantitative estimate of drug-likeness (QED) is 0.457. The Balaban J connectivity index is 2.01. The highest BCUT2D eigenvalue weighted by Gasteiger charge is 2.20. The highest BCUT2D eigenvalue weighted by atomic mass is 16.2. The van der Waals surface area contributed by atoms with Gasteiger partial charge in [0.25, 0.3) is 5.91 Å². The molecule has 106 valence electrons. The molecule has 1 saturated heterocycles. The minimum Gasteiger partial charge on any atom is -0.384 e. The molecule has 0 aromatic heterocycles. The number of nitrogens with one attached hydrogen (secondary N) is 3. The molecule has 1 aliphatic rings. The number of benzene rings is 1. The smallest absolute Gasteiger partial charge is 0.267 e. The summed E-state index contributed by atoms with van der Waals surface area (Å²) >= 11 is 0. The van der Waals surface area contributed by atoms with Crippen molar-refractivity contribution in [3.63, 3.8) is 0 Å². The minimum absolute atomic E-state index is 0.00758. The fourth-order valence-corrected chi connectivity index (χ4v) is 2.19. The standard InChI is InChI=1S/C14H19N5O/c15-12(14(20)19-6-4-18-5-7-19)9-10-2-1-3-11(8-10)13(16)17/h1-3,8,15,18H,4-7,9H2,(H3,16,17). The Morgan fingerprint density at radius 2 is 2.00 bits per heavy atom. The van der Waals surface area contributed by atoms with Gasteiger partial charge in [0, 0.05) is 38.2 Å². The van der Waals surface area contributed by atoms with Crippen LogP contribution < -0.4 is 11.1 Å². The zero-order chi connectivity index (χ0) is 14.5. The van der Waals surface area contributed by atoms with Crippen LogP contribution in [0.25, 0.3) is 0 Å². The van der Waals surface area contributed by atoms with Crippen LogP contribution in [0.5, 0.6) is 0 Å². The molecule has 2 rings (SSSR count). The molecule has 0 radical (unpaired) electrons. The van der Waals surface area contributed by atoms with E-state index in [2.05, 4.69) is 5.32 Å². The molecule has 6 heteroatoms. The second-order valence-corrected chi connectivity index (χ2v) is 4.81. The van der Waals surface area contributed by atoms with Gasteiger partial charge in [-0.2, -0.15) is 0 Å². The van der Waals surface area contributed by atoms with E-state index in [1.165, 1.54) is 0 Å². The topological polar surface area (TPSA) is 106 Å². The number of rotatable bonds is 4. The predicted molar refractivity (Wildman–Crippen MR) is 78.3 cm³/mol. The minimum atomic E-state index is -0.209. The van der Waals surface area contributed by atoms with E-state index in [9.17, 15) is 4.79 Å². The normalized spacial score (nSPS) is 14.9. The van der Waals surface area contributed by atoms with Gasteiger partial charge in [-0.05, 0) is 11.6 Å². The molecular weight excluding hydrogens is 254 g/mol. The summed E-state index contributed by atoms with van der Waals surface area (Å²) < 4.78 is 0. The Bertz CT molecular complexity index is 534. The van der Waals surface area contributed by atoms with E-state index in [1.54, 1.807) is 23.1 Å². The van der Waals surface area contributed by atoms with Gasteiger partial charge in [-0.25, -0.2) is 0 Å². The van der Waals surface area contributed by atoms with Crippen LogP contribution in [-0.4, -0.2) is 48.5 Å². The number of carbonyl (C=O) groups excluding carboxylic acids is 1. The third-order valence-electron chi connectivity index (χ3n) is 3.28. The van der Waals surface area contributed by atoms with Gasteiger partial charge in [-0.15, -0.1) is 0 Å². The molecule has 1 aromatic carbocycles. The summed E-state index contributed by atoms with van der Waals surface area (Å²) in [5, 5.41) is 18.5. The van der Waals surface area contributed by atoms with Crippen molar-refractivity contribution in [3.8, 4) is 0 Å². The first kappa shape index (κ1) is 14.2. The fraction of sp³-hybridized carbons (Fsp3) is 0.357. The van der Waals surface area contributed by atoms with E-state index in [0.29, 0.717) is 18.7 Å². The monoisotopic (exact) mass is 273 g/mol. The fourth-order valence-electron chi connectivity index (χ4n) is 2.19. The van der Waals surface area contributed by atoms with Gasteiger partial charge in [-0.1, -0.05) is 18.2 Å². The predicted octanol–water partition coefficient (Wildman–Crippen LogP) is -0.0353. The van der Waals surface area contributed by atoms with Gasteiger partial charge in [0.1, 0.15) is 11.5 Å². The maximum absolute atomic E-state index is 12.1. The van der Waals surface area contributed by atoms with E-state index in [0.717, 1.165) is 18.7 Å². The van der Waals surface area contributed by atoms with E-state index in [-0.39, 0.29) is 23.9 Å². The van der Waals surface area contributed by atoms with E-state index >= 15 is 0 Å². The average molecular weight is 273 g/mol. The Labute approximate surface area is 118 Å². The second kappa shape index (κ2) is 6.29. The number of nitrogens with two attached hydrogens (primary N) is 1. The molecule has 0 aliphatic carbocycles. The lowest BCUT2D eigenvalue weighted by Crippen LogP contribution is -2.48. The second-order valence-electron chi connectivity index (χ2n) is 4.81. The first-order valence-electron chi connectivity index (χ1n) is 6.58. The van der Waals surface area contributed by atoms with Crippen LogP contribution in [0.2, 0.25) is 0 Å². The van der Waals surface area contributed by atoms with Crippen molar-refractivity contribution in [1.29, 1.82) is 10.8 Å². The summed E-state index contributed by atoms with van der Waals surface area (Å²) in [4.78, 5) is 13.8. The maximum atomic E-state index is 12.1. The number of amides is 1. The van der Waals surface area contributed by atoms with Gasteiger partial charge < -0.3 is 16.0 Å². The summed E-state index contributed by atoms with van der Waals surface area (Å²) in [6.45, 7) is 2.85. The molecule has 1 fully saturated rings. The average Bonchev–Trinajstić information content (AvgIpc) is 2.47. The van der Waals surface area contributed by atoms with Crippen molar-refractivity contribution in [1.82, 2.24) is 10.2 Å². The Morgan fingerprint density at radius 3 is 2.65 bits per heavy atom. The Morgan fingerprint density at radius 1 is 1.30 bits per heavy atom. The summed E-state index contributed by atoms with van der Waals surface area (Å²) in [6, 6.07) is 7.12. The summed E-state index contributed by atoms with van der Waals surface area (Å²) in [6.07, 6.45) is 0.268. The van der Waals surface area contributed by atoms with Crippen molar-refractivity contribution < 1.29 is 4.79 Å². The third kappa shape index (κ3) is 3.42. The molecule has 0 spiro atoms. The number of amidine groups is 1. The van der Waals surface area contributed by atoms with E-state index in [4.69, 9.17) is 16.6 Å². The lowest BCUT2D eigenvalue weighted by Gasteiger charge is -2.27. The summed E-state index contributed by atoms with van der Waals surface area (Å²) in [7, 11) is 0. The lowest BCUT2D eigenvalue weighted by atomic mass is 10.0. The van der Waals surface area contributed by atoms with Crippen molar-refractivity contribution in [3.05, 3.63) is 35.4 Å². The molecule has 0 bridgehead atoms. The molecule has 0 atom stereocenters. The van der Waals surface area contributed by atoms with Gasteiger partial charge >= 0.3 is 0 Å². The zero-order valence-corrected chi connectivity index (χ0v) is 11.3. The van der Waals surface area contributed by atoms with Gasteiger partial charge in [-0.3, -0.25) is 15.6 Å². The van der Waals surface area contributed by atoms with Crippen LogP contribution in [-0.2, 0) is 11.2 Å². The van der Waals surface area contributed by atoms with Crippen molar-refractivity contribution >= 4 is 17.5 Å². The molecule has 20 heavy (non-hydrogen) atoms. The number of carbonyl (C=O) groups is 1. The lowest BCUT2D eigenvalue weighted by molar-refractivity contribution is -0.124. The SMILES string of the molecule is N=C(Cc1cccc(C(=N)N)c1)C(=O)N1CCNCC1. The van der Waals surface area contributed by atoms with Crippen LogP contribution >= 0.6 is 0 Å². The van der Waals surface area contributed by atoms with E-state index in [1.807, 2.05) is 6.07 Å². The van der Waals surface area contributed by atoms with Gasteiger partial charge in [0.05, 0.1) is 0 Å². The van der Waals surface area contributed by atoms with Crippen LogP contribution in [0.15, 0.2) is 24.3 Å².